The summed E-state index contributed by atoms with van der Waals surface area (Å²) in [5.41, 5.74) is 4.48. The molecule has 0 saturated heterocycles. The summed E-state index contributed by atoms with van der Waals surface area (Å²) < 4.78 is 116. The fourth-order valence-corrected chi connectivity index (χ4v) is 16.9. The Morgan fingerprint density at radius 3 is 1.32 bits per heavy atom. The van der Waals surface area contributed by atoms with E-state index in [4.69, 9.17) is 25.4 Å². The molecule has 4 unspecified atom stereocenters. The number of halogens is 4. The molecule has 0 aliphatic carbocycles. The minimum atomic E-state index is -4.93. The Kier molecular flexibility index (Phi) is 40.6. The summed E-state index contributed by atoms with van der Waals surface area (Å²) in [6.07, 6.45) is -8.31. The van der Waals surface area contributed by atoms with E-state index in [1.807, 2.05) is 130 Å². The van der Waals surface area contributed by atoms with E-state index < -0.39 is 40.0 Å². The molecule has 0 bridgehead atoms. The van der Waals surface area contributed by atoms with Gasteiger partial charge in [-0.2, -0.15) is 21.6 Å². The van der Waals surface area contributed by atoms with Crippen LogP contribution in [-0.4, -0.2) is 181 Å². The number of benzene rings is 7. The first kappa shape index (κ1) is 86.8. The summed E-state index contributed by atoms with van der Waals surface area (Å²) >= 11 is 13.9. The Balaban J connectivity index is 0.000000426. The van der Waals surface area contributed by atoms with E-state index in [0.29, 0.717) is 26.3 Å². The van der Waals surface area contributed by atoms with Gasteiger partial charge in [-0.25, -0.2) is 16.8 Å². The van der Waals surface area contributed by atoms with Gasteiger partial charge in [-0.15, -0.1) is 24.2 Å². The standard InChI is InChI=1S/C24H27F3N2O3S3.C12H19NOS2.C11H17NO2S2.C8H10OS.C7H8O2S2.C4H10ClN/c1-28(2)15-16-33-34-18-13-11-17(12-14-18)23(24(25,26)27)32-35(30,31)22-10-6-7-19-20(22)8-5-9-21(19)29(3)4;1-10(14)11-4-6-12(7-5-11)16-15-9-8-13(2)3;1-10-4-6-11(7-5-10)16(13,14)15-9-8-12(2)3;1-6(9)7-2-4-8(10)5-3-7;1-6-2-4-7(5-3-6)11(8,9)10;1-6(2)4-3-5/h5-14,23H,15-16H2,1-4H3;4-7,10,14H,8-9H2,1-3H3;4-7H,8-9H2,1-3H3;2-6,9-10H,1H3;2-5H,1H3,(H,8,9,10);3-4H2,1-2H3. The number of alkyl halides is 4. The van der Waals surface area contributed by atoms with E-state index >= 15 is 0 Å². The van der Waals surface area contributed by atoms with Gasteiger partial charge in [-0.05, 0) is 184 Å². The van der Waals surface area contributed by atoms with Crippen molar-refractivity contribution in [2.24, 2.45) is 0 Å². The molecule has 3 N–H and O–H groups in total. The summed E-state index contributed by atoms with van der Waals surface area (Å²) in [6.45, 7) is 11.1. The predicted molar refractivity (Wildman–Crippen MR) is 403 cm³/mol. The summed E-state index contributed by atoms with van der Waals surface area (Å²) in [6, 6.07) is 44.3. The van der Waals surface area contributed by atoms with E-state index in [2.05, 4.69) is 54.9 Å². The van der Waals surface area contributed by atoms with Crippen molar-refractivity contribution in [3.8, 4) is 0 Å². The average Bonchev–Trinajstić information content (AvgIpc) is 0.770. The molecule has 0 radical (unpaired) electrons. The average molecular weight is 1510 g/mol. The lowest BCUT2D eigenvalue weighted by Gasteiger charge is -2.22. The zero-order valence-electron chi connectivity index (χ0n) is 55.6. The van der Waals surface area contributed by atoms with Gasteiger partial charge in [0.2, 0.25) is 8.87 Å². The first-order valence-corrected chi connectivity index (χ1v) is 41.6. The molecule has 7 aromatic carbocycles. The second-order valence-corrected chi connectivity index (χ2v) is 36.4. The zero-order chi connectivity index (χ0) is 71.0. The SMILES string of the molecule is CC(O)c1ccc(S)cc1.CC(O)c1ccc(SSCCN(C)C)cc1.CN(C)CCCl.CN(C)CCSSc1ccc(C(OS(=O)(=O)c2cccc3c(N(C)C)cccc23)C(F)(F)F)cc1.Cc1ccc(S(=O)(=O)SCCN(C)C)cc1.Cc1ccc(S(=O)(O)=S)cc1. The molecule has 522 valence electrons. The molecule has 28 heteroatoms. The lowest BCUT2D eigenvalue weighted by atomic mass is 10.1. The highest BCUT2D eigenvalue weighted by Gasteiger charge is 2.45. The third-order valence-corrected chi connectivity index (χ3v) is 24.0. The van der Waals surface area contributed by atoms with Crippen molar-refractivity contribution in [2.45, 2.75) is 81.6 Å². The second kappa shape index (κ2) is 44.0. The third-order valence-electron chi connectivity index (χ3n) is 12.5. The summed E-state index contributed by atoms with van der Waals surface area (Å²) in [4.78, 5) is 13.4. The second-order valence-electron chi connectivity index (χ2n) is 22.2. The van der Waals surface area contributed by atoms with E-state index in [0.717, 1.165) is 92.1 Å². The van der Waals surface area contributed by atoms with Gasteiger partial charge < -0.3 is 39.3 Å². The number of aliphatic hydroxyl groups excluding tert-OH is 2. The maximum atomic E-state index is 14.0. The number of hydrogen-bond acceptors (Lipinski definition) is 20. The number of aliphatic hydroxyl groups is 2. The van der Waals surface area contributed by atoms with E-state index in [1.165, 1.54) is 40.0 Å². The fourth-order valence-electron chi connectivity index (χ4n) is 7.24. The highest BCUT2D eigenvalue weighted by Crippen LogP contribution is 2.41. The van der Waals surface area contributed by atoms with Gasteiger partial charge in [0.1, 0.15) is 4.90 Å². The van der Waals surface area contributed by atoms with Gasteiger partial charge in [0.25, 0.3) is 10.1 Å². The minimum Gasteiger partial charge on any atom is -0.389 e. The predicted octanol–water partition coefficient (Wildman–Crippen LogP) is 15.6. The highest BCUT2D eigenvalue weighted by molar-refractivity contribution is 8.77. The van der Waals surface area contributed by atoms with Gasteiger partial charge >= 0.3 is 6.18 Å². The van der Waals surface area contributed by atoms with Crippen LogP contribution >= 0.6 is 78.2 Å². The van der Waals surface area contributed by atoms with Gasteiger partial charge in [-0.3, -0.25) is 0 Å². The van der Waals surface area contributed by atoms with Crippen molar-refractivity contribution in [2.75, 3.05) is 125 Å². The van der Waals surface area contributed by atoms with Gasteiger partial charge in [0.05, 0.1) is 22.0 Å². The first-order chi connectivity index (χ1) is 43.9. The topological polar surface area (TPSA) is 171 Å². The number of rotatable bonds is 25. The van der Waals surface area contributed by atoms with Crippen LogP contribution in [0, 0.1) is 13.8 Å². The smallest absolute Gasteiger partial charge is 0.389 e. The molecule has 0 heterocycles. The van der Waals surface area contributed by atoms with Crippen LogP contribution in [0.4, 0.5) is 18.9 Å². The molecule has 7 aromatic rings. The Morgan fingerprint density at radius 2 is 0.936 bits per heavy atom. The van der Waals surface area contributed by atoms with Crippen LogP contribution in [0.2, 0.25) is 0 Å². The first-order valence-electron chi connectivity index (χ1n) is 29.2. The van der Waals surface area contributed by atoms with Gasteiger partial charge in [0.15, 0.2) is 14.9 Å². The summed E-state index contributed by atoms with van der Waals surface area (Å²) in [7, 11) is 16.1. The number of hydrogen-bond donors (Lipinski definition) is 4. The van der Waals surface area contributed by atoms with Gasteiger partial charge in [-0.1, -0.05) is 139 Å². The van der Waals surface area contributed by atoms with E-state index in [1.54, 1.807) is 127 Å². The maximum Gasteiger partial charge on any atom is 0.420 e. The Morgan fingerprint density at radius 1 is 0.543 bits per heavy atom. The highest BCUT2D eigenvalue weighted by atomic mass is 35.5. The monoisotopic (exact) mass is 1510 g/mol. The number of nitrogens with zero attached hydrogens (tertiary/aromatic N) is 5. The largest absolute Gasteiger partial charge is 0.420 e. The number of aryl methyl sites for hydroxylation is 2. The molecule has 14 nitrogen and oxygen atoms in total. The van der Waals surface area contributed by atoms with Crippen molar-refractivity contribution >= 4 is 134 Å². The molecule has 0 spiro atoms. The van der Waals surface area contributed by atoms with Crippen LogP contribution in [0.15, 0.2) is 187 Å². The molecular weight excluding hydrogens is 1420 g/mol. The normalized spacial score (nSPS) is 13.1. The lowest BCUT2D eigenvalue weighted by molar-refractivity contribution is -0.196. The molecule has 0 aromatic heterocycles. The minimum absolute atomic E-state index is 0.280. The number of fused-ring (bicyclic) bond motifs is 1. The van der Waals surface area contributed by atoms with Gasteiger partial charge in [0, 0.05) is 106 Å². The molecule has 0 amide bonds. The quantitative estimate of drug-likeness (QED) is 0.0140. The molecule has 0 aliphatic rings. The van der Waals surface area contributed by atoms with Crippen LogP contribution in [0.1, 0.15) is 60.0 Å². The van der Waals surface area contributed by atoms with Crippen LogP contribution in [-0.2, 0) is 43.1 Å². The van der Waals surface area contributed by atoms with E-state index in [9.17, 15) is 39.3 Å². The van der Waals surface area contributed by atoms with Crippen molar-refractivity contribution in [1.29, 1.82) is 0 Å². The molecule has 94 heavy (non-hydrogen) atoms. The maximum absolute atomic E-state index is 14.0. The fraction of sp³-hybridized carbons (Fsp3) is 0.394. The zero-order valence-corrected chi connectivity index (χ0v) is 64.6. The third kappa shape index (κ3) is 35.0. The van der Waals surface area contributed by atoms with Crippen LogP contribution in [0.3, 0.4) is 0 Å². The van der Waals surface area contributed by atoms with Crippen molar-refractivity contribution in [1.82, 2.24) is 19.6 Å². The van der Waals surface area contributed by atoms with Crippen molar-refractivity contribution < 1.29 is 53.2 Å². The lowest BCUT2D eigenvalue weighted by Crippen LogP contribution is -2.26. The molecule has 0 saturated carbocycles. The van der Waals surface area contributed by atoms with Crippen molar-refractivity contribution in [3.05, 3.63) is 186 Å². The molecule has 0 aliphatic heterocycles. The van der Waals surface area contributed by atoms with Crippen LogP contribution in [0.25, 0.3) is 10.8 Å². The number of anilines is 1. The summed E-state index contributed by atoms with van der Waals surface area (Å²) in [5, 5.41) is 19.4. The number of thiol groups is 1. The molecule has 7 rings (SSSR count). The molecule has 0 fully saturated rings. The molecular formula is C66H91ClF3N5O9S10. The van der Waals surface area contributed by atoms with Crippen molar-refractivity contribution in [3.63, 3.8) is 0 Å². The Bertz CT molecular complexity index is 3620. The van der Waals surface area contributed by atoms with E-state index in [-0.39, 0.29) is 22.7 Å². The molecule has 4 atom stereocenters. The van der Waals surface area contributed by atoms with Crippen LogP contribution < -0.4 is 4.90 Å². The van der Waals surface area contributed by atoms with Crippen LogP contribution in [0.5, 0.6) is 0 Å². The Hall–Kier alpha value is -3.27. The Labute approximate surface area is 593 Å². The summed E-state index contributed by atoms with van der Waals surface area (Å²) in [5.74, 6) is 3.29.